The van der Waals surface area contributed by atoms with Gasteiger partial charge in [-0.15, -0.1) is 0 Å². The van der Waals surface area contributed by atoms with Crippen LogP contribution in [-0.2, 0) is 4.74 Å². The highest BCUT2D eigenvalue weighted by Crippen LogP contribution is 2.18. The van der Waals surface area contributed by atoms with Crippen molar-refractivity contribution in [2.75, 3.05) is 35.2 Å². The molecule has 0 aliphatic heterocycles. The van der Waals surface area contributed by atoms with Crippen LogP contribution in [0.5, 0.6) is 0 Å². The maximum Gasteiger partial charge on any atom is 0.338 e. The molecule has 188 valence electrons. The maximum absolute atomic E-state index is 13.4. The number of carbonyl (C=O) groups is 3. The summed E-state index contributed by atoms with van der Waals surface area (Å²) in [4.78, 5) is 38.4. The van der Waals surface area contributed by atoms with Crippen molar-refractivity contribution in [3.8, 4) is 0 Å². The fraction of sp³-hybridized carbons (Fsp3) is 0.222. The Morgan fingerprint density at radius 3 is 2.31 bits per heavy atom. The number of nitrogens with zero attached hydrogens (tertiary/aromatic N) is 1. The van der Waals surface area contributed by atoms with Gasteiger partial charge in [-0.2, -0.15) is 0 Å². The smallest absolute Gasteiger partial charge is 0.338 e. The molecule has 3 N–H and O–H groups in total. The number of hydrogen-bond acceptors (Lipinski definition) is 4. The zero-order valence-electron chi connectivity index (χ0n) is 20.2. The van der Waals surface area contributed by atoms with Crippen molar-refractivity contribution >= 4 is 35.1 Å². The number of halogens is 1. The van der Waals surface area contributed by atoms with Gasteiger partial charge in [0.25, 0.3) is 0 Å². The van der Waals surface area contributed by atoms with E-state index in [0.29, 0.717) is 35.6 Å². The Hall–Kier alpha value is -4.40. The summed E-state index contributed by atoms with van der Waals surface area (Å²) in [6, 6.07) is 18.6. The molecule has 0 heterocycles. The molecule has 4 amide bonds. The number of hydrogen-bond donors (Lipinski definition) is 3. The van der Waals surface area contributed by atoms with Gasteiger partial charge in [0.05, 0.1) is 12.2 Å². The van der Waals surface area contributed by atoms with Crippen LogP contribution < -0.4 is 20.9 Å². The highest BCUT2D eigenvalue weighted by molar-refractivity contribution is 6.01. The lowest BCUT2D eigenvalue weighted by atomic mass is 10.2. The number of carbonyl (C=O) groups excluding carboxylic acids is 3. The summed E-state index contributed by atoms with van der Waals surface area (Å²) in [5, 5.41) is 8.29. The normalized spacial score (nSPS) is 10.3. The molecule has 0 spiro atoms. The van der Waals surface area contributed by atoms with Gasteiger partial charge in [-0.05, 0) is 86.5 Å². The van der Waals surface area contributed by atoms with Crippen LogP contribution in [-0.4, -0.2) is 37.7 Å². The molecule has 0 atom stereocenters. The Labute approximate surface area is 209 Å². The first kappa shape index (κ1) is 26.2. The molecule has 3 rings (SSSR count). The zero-order chi connectivity index (χ0) is 25.9. The number of urea groups is 2. The van der Waals surface area contributed by atoms with Gasteiger partial charge in [-0.25, -0.2) is 18.8 Å². The van der Waals surface area contributed by atoms with E-state index in [0.717, 1.165) is 5.56 Å². The van der Waals surface area contributed by atoms with Crippen molar-refractivity contribution in [1.82, 2.24) is 5.32 Å². The van der Waals surface area contributed by atoms with E-state index in [-0.39, 0.29) is 19.2 Å². The number of ether oxygens (including phenoxy) is 1. The first-order valence-electron chi connectivity index (χ1n) is 11.6. The van der Waals surface area contributed by atoms with Crippen LogP contribution in [0, 0.1) is 12.7 Å². The monoisotopic (exact) mass is 492 g/mol. The van der Waals surface area contributed by atoms with Gasteiger partial charge in [0, 0.05) is 30.2 Å². The van der Waals surface area contributed by atoms with Crippen molar-refractivity contribution in [1.29, 1.82) is 0 Å². The predicted molar refractivity (Wildman–Crippen MR) is 138 cm³/mol. The molecule has 0 fully saturated rings. The molecule has 9 heteroatoms. The number of amides is 4. The van der Waals surface area contributed by atoms with Crippen LogP contribution >= 0.6 is 0 Å². The first-order valence-corrected chi connectivity index (χ1v) is 11.6. The third-order valence-electron chi connectivity index (χ3n) is 5.15. The molecule has 0 aliphatic carbocycles. The summed E-state index contributed by atoms with van der Waals surface area (Å²) in [6.45, 7) is 4.53. The Morgan fingerprint density at radius 1 is 0.917 bits per heavy atom. The quantitative estimate of drug-likeness (QED) is 0.269. The fourth-order valence-electron chi connectivity index (χ4n) is 3.40. The van der Waals surface area contributed by atoms with E-state index >= 15 is 0 Å². The van der Waals surface area contributed by atoms with Gasteiger partial charge in [-0.1, -0.05) is 12.1 Å². The minimum Gasteiger partial charge on any atom is -0.462 e. The van der Waals surface area contributed by atoms with E-state index in [1.165, 1.54) is 29.2 Å². The summed E-state index contributed by atoms with van der Waals surface area (Å²) in [5.41, 5.74) is 3.11. The average Bonchev–Trinajstić information content (AvgIpc) is 2.85. The second-order valence-electron chi connectivity index (χ2n) is 7.96. The molecule has 36 heavy (non-hydrogen) atoms. The standard InChI is InChI=1S/C27H29FN4O4/c1-3-36-25(33)20-8-12-22(13-9-20)30-26(34)29-16-5-17-32(24-14-10-21(28)11-15-24)27(35)31-23-7-4-6-19(2)18-23/h4,6-15,18H,3,5,16-17H2,1-2H3,(H,31,35)(H2,29,30,34). The molecule has 0 saturated carbocycles. The lowest BCUT2D eigenvalue weighted by Crippen LogP contribution is -2.38. The third kappa shape index (κ3) is 7.83. The van der Waals surface area contributed by atoms with Crippen molar-refractivity contribution in [3.63, 3.8) is 0 Å². The fourth-order valence-corrected chi connectivity index (χ4v) is 3.40. The summed E-state index contributed by atoms with van der Waals surface area (Å²) in [7, 11) is 0. The zero-order valence-corrected chi connectivity index (χ0v) is 20.2. The average molecular weight is 493 g/mol. The minimum atomic E-state index is -0.425. The first-order chi connectivity index (χ1) is 17.4. The van der Waals surface area contributed by atoms with Gasteiger partial charge >= 0.3 is 18.0 Å². The highest BCUT2D eigenvalue weighted by atomic mass is 19.1. The Kier molecular flexibility index (Phi) is 9.39. The third-order valence-corrected chi connectivity index (χ3v) is 5.15. The molecule has 0 radical (unpaired) electrons. The lowest BCUT2D eigenvalue weighted by molar-refractivity contribution is 0.0526. The molecule has 3 aromatic rings. The molecule has 3 aromatic carbocycles. The number of rotatable bonds is 9. The Balaban J connectivity index is 1.53. The van der Waals surface area contributed by atoms with Crippen LogP contribution in [0.3, 0.4) is 0 Å². The van der Waals surface area contributed by atoms with Gasteiger partial charge in [0.2, 0.25) is 0 Å². The van der Waals surface area contributed by atoms with E-state index in [1.54, 1.807) is 37.3 Å². The van der Waals surface area contributed by atoms with E-state index in [4.69, 9.17) is 4.74 Å². The summed E-state index contributed by atoms with van der Waals surface area (Å²) in [6.07, 6.45) is 0.452. The van der Waals surface area contributed by atoms with Crippen LogP contribution in [0.15, 0.2) is 72.8 Å². The number of benzene rings is 3. The van der Waals surface area contributed by atoms with Crippen molar-refractivity contribution < 1.29 is 23.5 Å². The van der Waals surface area contributed by atoms with Crippen molar-refractivity contribution in [2.45, 2.75) is 20.3 Å². The Morgan fingerprint density at radius 2 is 1.64 bits per heavy atom. The predicted octanol–water partition coefficient (Wildman–Crippen LogP) is 5.56. The van der Waals surface area contributed by atoms with Crippen molar-refractivity contribution in [3.05, 3.63) is 89.7 Å². The largest absolute Gasteiger partial charge is 0.462 e. The highest BCUT2D eigenvalue weighted by Gasteiger charge is 2.16. The second-order valence-corrected chi connectivity index (χ2v) is 7.96. The molecule has 8 nitrogen and oxygen atoms in total. The minimum absolute atomic E-state index is 0.285. The lowest BCUT2D eigenvalue weighted by Gasteiger charge is -2.23. The van der Waals surface area contributed by atoms with Crippen LogP contribution in [0.25, 0.3) is 0 Å². The van der Waals surface area contributed by atoms with E-state index in [2.05, 4.69) is 16.0 Å². The van der Waals surface area contributed by atoms with E-state index in [1.807, 2.05) is 25.1 Å². The van der Waals surface area contributed by atoms with Crippen LogP contribution in [0.2, 0.25) is 0 Å². The summed E-state index contributed by atoms with van der Waals surface area (Å²) < 4.78 is 18.4. The number of anilines is 3. The molecule has 0 aromatic heterocycles. The van der Waals surface area contributed by atoms with Gasteiger partial charge in [0.1, 0.15) is 5.82 Å². The SMILES string of the molecule is CCOC(=O)c1ccc(NC(=O)NCCCN(C(=O)Nc2cccc(C)c2)c2ccc(F)cc2)cc1. The van der Waals surface area contributed by atoms with Gasteiger partial charge in [0.15, 0.2) is 0 Å². The van der Waals surface area contributed by atoms with Gasteiger partial charge in [-0.3, -0.25) is 4.90 Å². The van der Waals surface area contributed by atoms with E-state index in [9.17, 15) is 18.8 Å². The molecule has 0 unspecified atom stereocenters. The number of esters is 1. The van der Waals surface area contributed by atoms with Crippen LogP contribution in [0.4, 0.5) is 31.0 Å². The molecule has 0 bridgehead atoms. The summed E-state index contributed by atoms with van der Waals surface area (Å²) in [5.74, 6) is -0.822. The van der Waals surface area contributed by atoms with Crippen molar-refractivity contribution in [2.24, 2.45) is 0 Å². The number of aryl methyl sites for hydroxylation is 1. The molecule has 0 aliphatic rings. The molecular weight excluding hydrogens is 463 g/mol. The van der Waals surface area contributed by atoms with Gasteiger partial charge < -0.3 is 20.7 Å². The topological polar surface area (TPSA) is 99.8 Å². The Bertz CT molecular complexity index is 1180. The maximum atomic E-state index is 13.4. The summed E-state index contributed by atoms with van der Waals surface area (Å²) >= 11 is 0. The molecular formula is C27H29FN4O4. The molecule has 0 saturated heterocycles. The van der Waals surface area contributed by atoms with E-state index < -0.39 is 17.8 Å². The second kappa shape index (κ2) is 12.9. The van der Waals surface area contributed by atoms with Crippen LogP contribution in [0.1, 0.15) is 29.3 Å². The number of nitrogens with one attached hydrogen (secondary N) is 3.